The first-order chi connectivity index (χ1) is 9.04. The number of likely N-dealkylation sites (tertiary alicyclic amines) is 1. The number of allylic oxidation sites excluding steroid dienone is 1. The molecule has 1 spiro atoms. The van der Waals surface area contributed by atoms with Gasteiger partial charge in [0.2, 0.25) is 0 Å². The van der Waals surface area contributed by atoms with Crippen molar-refractivity contribution in [3.8, 4) is 0 Å². The summed E-state index contributed by atoms with van der Waals surface area (Å²) in [5.41, 5.74) is 7.37. The van der Waals surface area contributed by atoms with Gasteiger partial charge >= 0.3 is 0 Å². The Labute approximate surface area is 117 Å². The van der Waals surface area contributed by atoms with Crippen molar-refractivity contribution in [2.24, 2.45) is 16.1 Å². The summed E-state index contributed by atoms with van der Waals surface area (Å²) in [6.45, 7) is 7.53. The lowest BCUT2D eigenvalue weighted by atomic mass is 9.71. The molecule has 0 aromatic carbocycles. The summed E-state index contributed by atoms with van der Waals surface area (Å²) >= 11 is 0. The minimum Gasteiger partial charge on any atom is -0.323 e. The molecule has 0 bridgehead atoms. The second kappa shape index (κ2) is 5.69. The molecule has 0 aromatic heterocycles. The van der Waals surface area contributed by atoms with Crippen LogP contribution in [0, 0.1) is 5.41 Å². The number of aliphatic imine (C=N–C) groups is 1. The first kappa shape index (κ1) is 14.6. The fraction of sp³-hybridized carbons (Fsp3) is 0.643. The molecule has 19 heavy (non-hydrogen) atoms. The third-order valence-electron chi connectivity index (χ3n) is 4.35. The van der Waals surface area contributed by atoms with E-state index in [9.17, 15) is 4.21 Å². The summed E-state index contributed by atoms with van der Waals surface area (Å²) < 4.78 is 12.4. The first-order valence-electron chi connectivity index (χ1n) is 6.70. The smallest absolute Gasteiger partial charge is 0.131 e. The number of nitrogens with two attached hydrogens (primary N) is 1. The zero-order valence-corrected chi connectivity index (χ0v) is 12.6. The molecule has 0 saturated carbocycles. The molecule has 2 atom stereocenters. The molecule has 2 N–H and O–H groups in total. The topological polar surface area (TPSA) is 58.7 Å². The molecule has 0 radical (unpaired) electrons. The molecule has 5 heteroatoms. The van der Waals surface area contributed by atoms with Gasteiger partial charge in [0.05, 0.1) is 10.8 Å². The van der Waals surface area contributed by atoms with Crippen LogP contribution in [0.4, 0.5) is 0 Å². The Hall–Kier alpha value is -0.780. The number of rotatable bonds is 2. The second-order valence-corrected chi connectivity index (χ2v) is 6.92. The highest BCUT2D eigenvalue weighted by Crippen LogP contribution is 2.43. The van der Waals surface area contributed by atoms with E-state index in [1.807, 2.05) is 19.1 Å². The molecular formula is C14H23N3OS. The van der Waals surface area contributed by atoms with Gasteiger partial charge in [0.1, 0.15) is 5.03 Å². The van der Waals surface area contributed by atoms with E-state index in [1.54, 1.807) is 0 Å². The van der Waals surface area contributed by atoms with Gasteiger partial charge in [-0.15, -0.1) is 0 Å². The summed E-state index contributed by atoms with van der Waals surface area (Å²) in [6.07, 6.45) is 5.89. The van der Waals surface area contributed by atoms with E-state index >= 15 is 0 Å². The standard InChI is InChI=1S/C14H23N3OS/c1-4-5-11-12(15)14(6-8-17(3)9-7-14)10-19(18)13(11)16-2/h4-5,12H,2,6-10,15H2,1,3H3/b5-4-. The minimum atomic E-state index is -1.08. The maximum atomic E-state index is 12.4. The molecule has 0 aliphatic carbocycles. The molecule has 1 fully saturated rings. The zero-order valence-electron chi connectivity index (χ0n) is 11.8. The summed E-state index contributed by atoms with van der Waals surface area (Å²) in [6, 6.07) is -0.0874. The molecule has 0 aromatic rings. The van der Waals surface area contributed by atoms with E-state index < -0.39 is 10.8 Å². The quantitative estimate of drug-likeness (QED) is 0.776. The SMILES string of the molecule is C=NC1=C(/C=C\C)C(N)C2(CCN(C)CC2)CS1=O. The Morgan fingerprint density at radius 1 is 1.53 bits per heavy atom. The molecule has 4 nitrogen and oxygen atoms in total. The van der Waals surface area contributed by atoms with Gasteiger partial charge in [0.15, 0.2) is 0 Å². The van der Waals surface area contributed by atoms with Crippen molar-refractivity contribution in [2.75, 3.05) is 25.9 Å². The normalized spacial score (nSPS) is 32.2. The summed E-state index contributed by atoms with van der Waals surface area (Å²) in [7, 11) is 1.04. The number of hydrogen-bond donors (Lipinski definition) is 1. The number of hydrogen-bond acceptors (Lipinski definition) is 4. The van der Waals surface area contributed by atoms with Gasteiger partial charge in [-0.05, 0) is 46.6 Å². The highest BCUT2D eigenvalue weighted by Gasteiger charge is 2.46. The third kappa shape index (κ3) is 2.59. The second-order valence-electron chi connectivity index (χ2n) is 5.55. The number of piperidine rings is 1. The molecule has 106 valence electrons. The van der Waals surface area contributed by atoms with E-state index in [4.69, 9.17) is 5.73 Å². The van der Waals surface area contributed by atoms with Crippen molar-refractivity contribution in [1.29, 1.82) is 0 Å². The predicted molar refractivity (Wildman–Crippen MR) is 81.5 cm³/mol. The van der Waals surface area contributed by atoms with Gasteiger partial charge in [0, 0.05) is 22.8 Å². The van der Waals surface area contributed by atoms with Crippen LogP contribution in [0.5, 0.6) is 0 Å². The van der Waals surface area contributed by atoms with Crippen molar-refractivity contribution in [3.63, 3.8) is 0 Å². The molecule has 2 rings (SSSR count). The monoisotopic (exact) mass is 281 g/mol. The molecule has 0 amide bonds. The molecule has 2 unspecified atom stereocenters. The maximum absolute atomic E-state index is 12.4. The van der Waals surface area contributed by atoms with Crippen molar-refractivity contribution in [2.45, 2.75) is 25.8 Å². The van der Waals surface area contributed by atoms with Gasteiger partial charge in [-0.3, -0.25) is 9.20 Å². The van der Waals surface area contributed by atoms with Gasteiger partial charge in [-0.2, -0.15) is 0 Å². The predicted octanol–water partition coefficient (Wildman–Crippen LogP) is 1.28. The largest absolute Gasteiger partial charge is 0.323 e. The van der Waals surface area contributed by atoms with Crippen molar-refractivity contribution in [3.05, 3.63) is 22.8 Å². The van der Waals surface area contributed by atoms with Crippen molar-refractivity contribution in [1.82, 2.24) is 4.90 Å². The van der Waals surface area contributed by atoms with Crippen LogP contribution in [0.2, 0.25) is 0 Å². The Kier molecular flexibility index (Phi) is 4.38. The summed E-state index contributed by atoms with van der Waals surface area (Å²) in [5.74, 6) is 0.622. The van der Waals surface area contributed by atoms with E-state index in [0.717, 1.165) is 31.5 Å². The Morgan fingerprint density at radius 2 is 2.16 bits per heavy atom. The number of nitrogens with zero attached hydrogens (tertiary/aromatic N) is 2. The van der Waals surface area contributed by atoms with Crippen LogP contribution in [-0.4, -0.2) is 47.8 Å². The van der Waals surface area contributed by atoms with E-state index in [2.05, 4.69) is 23.7 Å². The highest BCUT2D eigenvalue weighted by atomic mass is 32.2. The van der Waals surface area contributed by atoms with Crippen LogP contribution in [0.1, 0.15) is 19.8 Å². The molecular weight excluding hydrogens is 258 g/mol. The lowest BCUT2D eigenvalue weighted by molar-refractivity contribution is 0.126. The van der Waals surface area contributed by atoms with Crippen LogP contribution >= 0.6 is 0 Å². The average Bonchev–Trinajstić information content (AvgIpc) is 2.39. The lowest BCUT2D eigenvalue weighted by Crippen LogP contribution is -2.54. The third-order valence-corrected chi connectivity index (χ3v) is 5.98. The van der Waals surface area contributed by atoms with Crippen LogP contribution in [-0.2, 0) is 10.8 Å². The Bertz CT molecular complexity index is 448. The van der Waals surface area contributed by atoms with Crippen LogP contribution in [0.25, 0.3) is 0 Å². The van der Waals surface area contributed by atoms with E-state index in [0.29, 0.717) is 10.8 Å². The van der Waals surface area contributed by atoms with Crippen LogP contribution in [0.3, 0.4) is 0 Å². The first-order valence-corrected chi connectivity index (χ1v) is 8.02. The van der Waals surface area contributed by atoms with E-state index in [-0.39, 0.29) is 11.5 Å². The van der Waals surface area contributed by atoms with Crippen molar-refractivity contribution >= 4 is 17.5 Å². The fourth-order valence-corrected chi connectivity index (χ4v) is 4.78. The summed E-state index contributed by atoms with van der Waals surface area (Å²) in [5, 5.41) is 0.579. The van der Waals surface area contributed by atoms with Gasteiger partial charge < -0.3 is 10.6 Å². The maximum Gasteiger partial charge on any atom is 0.131 e. The molecule has 2 heterocycles. The zero-order chi connectivity index (χ0) is 14.0. The fourth-order valence-electron chi connectivity index (χ4n) is 3.05. The Morgan fingerprint density at radius 3 is 2.68 bits per heavy atom. The van der Waals surface area contributed by atoms with Crippen LogP contribution < -0.4 is 5.73 Å². The average molecular weight is 281 g/mol. The minimum absolute atomic E-state index is 0.0413. The molecule has 1 saturated heterocycles. The van der Waals surface area contributed by atoms with Gasteiger partial charge in [-0.25, -0.2) is 0 Å². The highest BCUT2D eigenvalue weighted by molar-refractivity contribution is 7.89. The van der Waals surface area contributed by atoms with E-state index in [1.165, 1.54) is 0 Å². The van der Waals surface area contributed by atoms with Crippen molar-refractivity contribution < 1.29 is 4.21 Å². The van der Waals surface area contributed by atoms with Gasteiger partial charge in [0.25, 0.3) is 0 Å². The molecule has 2 aliphatic rings. The Balaban J connectivity index is 2.39. The summed E-state index contributed by atoms with van der Waals surface area (Å²) in [4.78, 5) is 6.27. The van der Waals surface area contributed by atoms with Gasteiger partial charge in [-0.1, -0.05) is 12.2 Å². The van der Waals surface area contributed by atoms with Crippen LogP contribution in [0.15, 0.2) is 27.7 Å². The lowest BCUT2D eigenvalue weighted by Gasteiger charge is -2.47. The molecule has 2 aliphatic heterocycles.